The molecule has 9 heteroatoms. The molecule has 6 atom stereocenters. The third-order valence-electron chi connectivity index (χ3n) is 7.19. The summed E-state index contributed by atoms with van der Waals surface area (Å²) < 4.78 is 6.52. The Kier molecular flexibility index (Phi) is 7.99. The Morgan fingerprint density at radius 1 is 1.26 bits per heavy atom. The van der Waals surface area contributed by atoms with Crippen LogP contribution < -0.4 is 0 Å². The molecule has 0 aromatic carbocycles. The van der Waals surface area contributed by atoms with Crippen molar-refractivity contribution in [3.05, 3.63) is 25.3 Å². The number of β-amino-alcohol motifs (C(OH)–C–C–N with tert-alkyl or cyclic N) is 1. The number of aliphatic hydroxyl groups is 1. The van der Waals surface area contributed by atoms with Gasteiger partial charge in [0.05, 0.1) is 24.5 Å². The molecule has 8 nitrogen and oxygen atoms in total. The van der Waals surface area contributed by atoms with Crippen LogP contribution in [0.15, 0.2) is 25.3 Å². The van der Waals surface area contributed by atoms with Crippen molar-refractivity contribution in [3.63, 3.8) is 0 Å². The first-order chi connectivity index (χ1) is 16.0. The largest absolute Gasteiger partial charge is 0.395 e. The zero-order chi connectivity index (χ0) is 25.4. The van der Waals surface area contributed by atoms with Gasteiger partial charge in [0.2, 0.25) is 17.7 Å². The summed E-state index contributed by atoms with van der Waals surface area (Å²) >= 11 is 3.69. The van der Waals surface area contributed by atoms with Crippen LogP contribution >= 0.6 is 15.9 Å². The number of aliphatic hydroxyl groups excluding tert-OH is 1. The number of amides is 3. The Morgan fingerprint density at radius 3 is 2.44 bits per heavy atom. The van der Waals surface area contributed by atoms with E-state index in [0.717, 1.165) is 6.42 Å². The monoisotopic (exact) mass is 539 g/mol. The van der Waals surface area contributed by atoms with E-state index >= 15 is 0 Å². The first kappa shape index (κ1) is 26.9. The molecule has 3 saturated heterocycles. The Bertz CT molecular complexity index is 843. The summed E-state index contributed by atoms with van der Waals surface area (Å²) in [7, 11) is 0. The van der Waals surface area contributed by atoms with Gasteiger partial charge in [-0.05, 0) is 33.6 Å². The number of hydrogen-bond donors (Lipinski definition) is 1. The minimum atomic E-state index is -1.13. The lowest BCUT2D eigenvalue weighted by molar-refractivity contribution is -0.152. The van der Waals surface area contributed by atoms with Gasteiger partial charge in [-0.25, -0.2) is 0 Å². The van der Waals surface area contributed by atoms with E-state index in [0.29, 0.717) is 26.1 Å². The standard InChI is InChI=1S/C25H38BrN3O5/c1-7-10-27(11-8-2)21(31)17-18-22(32)28(13-14-30)20(25(18)15-16(26)19(17)34-25)23(33)29(12-9-3)24(4,5)6/h7,9,16-20,30H,1,3,8,10-15H2,2,4-6H3/t16?,17-,18-,19-,20?,25?/m0/s1. The molecule has 0 radical (unpaired) electrons. The van der Waals surface area contributed by atoms with Crippen molar-refractivity contribution >= 4 is 33.7 Å². The van der Waals surface area contributed by atoms with E-state index in [1.807, 2.05) is 27.7 Å². The van der Waals surface area contributed by atoms with Gasteiger partial charge >= 0.3 is 0 Å². The summed E-state index contributed by atoms with van der Waals surface area (Å²) in [6, 6.07) is -0.918. The van der Waals surface area contributed by atoms with Crippen LogP contribution in [0.4, 0.5) is 0 Å². The average Bonchev–Trinajstić information content (AvgIpc) is 3.34. The number of ether oxygens (including phenoxy) is 1. The zero-order valence-corrected chi connectivity index (χ0v) is 22.3. The van der Waals surface area contributed by atoms with E-state index in [1.165, 1.54) is 4.90 Å². The molecular formula is C25H38BrN3O5. The molecule has 190 valence electrons. The zero-order valence-electron chi connectivity index (χ0n) is 20.7. The fourth-order valence-corrected chi connectivity index (χ4v) is 6.88. The van der Waals surface area contributed by atoms with Gasteiger partial charge in [-0.3, -0.25) is 14.4 Å². The highest BCUT2D eigenvalue weighted by Gasteiger charge is 2.77. The minimum absolute atomic E-state index is 0.00673. The van der Waals surface area contributed by atoms with Gasteiger partial charge in [0, 0.05) is 36.5 Å². The number of rotatable bonds is 10. The topological polar surface area (TPSA) is 90.4 Å². The highest BCUT2D eigenvalue weighted by molar-refractivity contribution is 9.09. The lowest BCUT2D eigenvalue weighted by Gasteiger charge is -2.42. The Hall–Kier alpha value is -1.71. The van der Waals surface area contributed by atoms with Crippen molar-refractivity contribution in [2.75, 3.05) is 32.8 Å². The second kappa shape index (κ2) is 10.1. The molecular weight excluding hydrogens is 502 g/mol. The van der Waals surface area contributed by atoms with Crippen molar-refractivity contribution < 1.29 is 24.2 Å². The quantitative estimate of drug-likeness (QED) is 0.338. The average molecular weight is 540 g/mol. The van der Waals surface area contributed by atoms with Crippen molar-refractivity contribution in [1.82, 2.24) is 14.7 Å². The molecule has 0 aliphatic carbocycles. The predicted molar refractivity (Wildman–Crippen MR) is 133 cm³/mol. The van der Waals surface area contributed by atoms with Gasteiger partial charge in [-0.2, -0.15) is 0 Å². The summed E-state index contributed by atoms with van der Waals surface area (Å²) in [5, 5.41) is 9.76. The maximum atomic E-state index is 14.1. The van der Waals surface area contributed by atoms with Crippen molar-refractivity contribution in [1.29, 1.82) is 0 Å². The van der Waals surface area contributed by atoms with Gasteiger partial charge in [0.1, 0.15) is 11.6 Å². The van der Waals surface area contributed by atoms with E-state index in [1.54, 1.807) is 22.0 Å². The third kappa shape index (κ3) is 4.24. The molecule has 3 amide bonds. The summed E-state index contributed by atoms with van der Waals surface area (Å²) in [4.78, 5) is 46.3. The van der Waals surface area contributed by atoms with Crippen LogP contribution in [0, 0.1) is 11.8 Å². The SMILES string of the molecule is C=CCN(CCC)C(=O)[C@H]1[C@H]2C(=O)N(CCO)C(C(=O)N(CC=C)C(C)(C)C)C23CC(Br)[C@@H]1O3. The molecule has 3 rings (SSSR count). The highest BCUT2D eigenvalue weighted by Crippen LogP contribution is 2.60. The second-order valence-corrected chi connectivity index (χ2v) is 11.6. The maximum Gasteiger partial charge on any atom is 0.249 e. The van der Waals surface area contributed by atoms with E-state index in [2.05, 4.69) is 29.1 Å². The van der Waals surface area contributed by atoms with E-state index in [-0.39, 0.29) is 35.7 Å². The highest BCUT2D eigenvalue weighted by atomic mass is 79.9. The van der Waals surface area contributed by atoms with Gasteiger partial charge in [-0.1, -0.05) is 35.0 Å². The number of carbonyl (C=O) groups is 3. The molecule has 2 bridgehead atoms. The maximum absolute atomic E-state index is 14.1. The van der Waals surface area contributed by atoms with E-state index < -0.39 is 35.1 Å². The second-order valence-electron chi connectivity index (χ2n) is 10.4. The Morgan fingerprint density at radius 2 is 1.91 bits per heavy atom. The lowest BCUT2D eigenvalue weighted by Crippen LogP contribution is -2.60. The number of carbonyl (C=O) groups excluding carboxylic acids is 3. The van der Waals surface area contributed by atoms with Crippen LogP contribution in [-0.4, -0.2) is 98.4 Å². The van der Waals surface area contributed by atoms with Crippen LogP contribution in [0.2, 0.25) is 0 Å². The molecule has 3 unspecified atom stereocenters. The van der Waals surface area contributed by atoms with Crippen LogP contribution in [0.3, 0.4) is 0 Å². The molecule has 1 N–H and O–H groups in total. The predicted octanol–water partition coefficient (Wildman–Crippen LogP) is 1.96. The van der Waals surface area contributed by atoms with E-state index in [4.69, 9.17) is 4.74 Å². The van der Waals surface area contributed by atoms with E-state index in [9.17, 15) is 19.5 Å². The fraction of sp³-hybridized carbons (Fsp3) is 0.720. The Balaban J connectivity index is 2.08. The van der Waals surface area contributed by atoms with Crippen LogP contribution in [0.5, 0.6) is 0 Å². The number of nitrogens with zero attached hydrogens (tertiary/aromatic N) is 3. The van der Waals surface area contributed by atoms with Gasteiger partial charge in [0.15, 0.2) is 0 Å². The number of halogens is 1. The summed E-state index contributed by atoms with van der Waals surface area (Å²) in [5.74, 6) is -2.16. The van der Waals surface area contributed by atoms with Crippen molar-refractivity contribution in [3.8, 4) is 0 Å². The minimum Gasteiger partial charge on any atom is -0.395 e. The molecule has 3 heterocycles. The van der Waals surface area contributed by atoms with Crippen molar-refractivity contribution in [2.45, 2.75) is 68.6 Å². The number of likely N-dealkylation sites (tertiary alicyclic amines) is 1. The fourth-order valence-electron chi connectivity index (χ4n) is 5.94. The number of hydrogen-bond acceptors (Lipinski definition) is 5. The Labute approximate surface area is 211 Å². The van der Waals surface area contributed by atoms with Gasteiger partial charge < -0.3 is 24.5 Å². The molecule has 3 fully saturated rings. The molecule has 1 spiro atoms. The number of fused-ring (bicyclic) bond motifs is 1. The van der Waals surface area contributed by atoms with Gasteiger partial charge in [-0.15, -0.1) is 13.2 Å². The molecule has 34 heavy (non-hydrogen) atoms. The first-order valence-corrected chi connectivity index (χ1v) is 13.0. The smallest absolute Gasteiger partial charge is 0.249 e. The summed E-state index contributed by atoms with van der Waals surface area (Å²) in [6.45, 7) is 16.3. The normalized spacial score (nSPS) is 32.0. The lowest BCUT2D eigenvalue weighted by atomic mass is 9.70. The molecule has 0 aromatic heterocycles. The van der Waals surface area contributed by atoms with Crippen molar-refractivity contribution in [2.24, 2.45) is 11.8 Å². The molecule has 0 saturated carbocycles. The first-order valence-electron chi connectivity index (χ1n) is 12.0. The van der Waals surface area contributed by atoms with Crippen LogP contribution in [0.25, 0.3) is 0 Å². The molecule has 3 aliphatic rings. The van der Waals surface area contributed by atoms with Crippen LogP contribution in [-0.2, 0) is 19.1 Å². The summed E-state index contributed by atoms with van der Waals surface area (Å²) in [5.41, 5.74) is -1.64. The van der Waals surface area contributed by atoms with Gasteiger partial charge in [0.25, 0.3) is 0 Å². The molecule has 3 aliphatic heterocycles. The molecule has 0 aromatic rings. The third-order valence-corrected chi connectivity index (χ3v) is 8.04. The number of alkyl halides is 1. The summed E-state index contributed by atoms with van der Waals surface area (Å²) in [6.07, 6.45) is 4.06. The van der Waals surface area contributed by atoms with Crippen LogP contribution in [0.1, 0.15) is 40.5 Å².